The van der Waals surface area contributed by atoms with Crippen LogP contribution in [-0.4, -0.2) is 41.5 Å². The summed E-state index contributed by atoms with van der Waals surface area (Å²) in [5.41, 5.74) is 0.409. The van der Waals surface area contributed by atoms with Crippen LogP contribution in [0.4, 0.5) is 0 Å². The number of rotatable bonds is 7. The van der Waals surface area contributed by atoms with Crippen molar-refractivity contribution in [3.05, 3.63) is 63.6 Å². The molecular weight excluding hydrogens is 418 g/mol. The average molecular weight is 454 g/mol. The average Bonchev–Trinajstić information content (AvgIpc) is 3.09. The standard InChI is InChI=1S/C26H35N3O4/c1-18(2)15-28-16-22(25(31)27-19(3)20-10-9-11-21(14-20)33-4)24(30)23(17-28)26(32)29-12-7-5-6-8-13-29/h9-11,14,16-19H,5-8,12-13,15H2,1-4H3,(H,27,31)/t19-/m1/s1. The van der Waals surface area contributed by atoms with E-state index in [2.05, 4.69) is 19.2 Å². The summed E-state index contributed by atoms with van der Waals surface area (Å²) in [4.78, 5) is 41.5. The number of nitrogens with zero attached hydrogens (tertiary/aromatic N) is 2. The van der Waals surface area contributed by atoms with Crippen LogP contribution in [0.1, 0.15) is 78.8 Å². The third-order valence-electron chi connectivity index (χ3n) is 5.96. The molecule has 1 aromatic carbocycles. The zero-order valence-corrected chi connectivity index (χ0v) is 20.1. The number of amides is 2. The summed E-state index contributed by atoms with van der Waals surface area (Å²) < 4.78 is 7.06. The second-order valence-electron chi connectivity index (χ2n) is 9.18. The molecular formula is C26H35N3O4. The third kappa shape index (κ3) is 6.24. The first-order valence-electron chi connectivity index (χ1n) is 11.8. The van der Waals surface area contributed by atoms with Gasteiger partial charge in [0, 0.05) is 32.0 Å². The van der Waals surface area contributed by atoms with Crippen molar-refractivity contribution in [1.29, 1.82) is 0 Å². The van der Waals surface area contributed by atoms with Gasteiger partial charge in [-0.15, -0.1) is 0 Å². The van der Waals surface area contributed by atoms with E-state index in [9.17, 15) is 14.4 Å². The fourth-order valence-corrected chi connectivity index (χ4v) is 4.19. The van der Waals surface area contributed by atoms with Gasteiger partial charge in [-0.2, -0.15) is 0 Å². The molecule has 1 atom stereocenters. The van der Waals surface area contributed by atoms with Gasteiger partial charge in [0.2, 0.25) is 5.43 Å². The first-order chi connectivity index (χ1) is 15.8. The van der Waals surface area contributed by atoms with Crippen molar-refractivity contribution in [2.75, 3.05) is 20.2 Å². The highest BCUT2D eigenvalue weighted by Crippen LogP contribution is 2.19. The lowest BCUT2D eigenvalue weighted by molar-refractivity contribution is 0.0759. The number of aromatic nitrogens is 1. The molecule has 0 unspecified atom stereocenters. The molecule has 1 saturated heterocycles. The van der Waals surface area contributed by atoms with E-state index in [1.807, 2.05) is 31.2 Å². The number of hydrogen-bond acceptors (Lipinski definition) is 4. The van der Waals surface area contributed by atoms with E-state index < -0.39 is 11.3 Å². The Morgan fingerprint density at radius 3 is 2.33 bits per heavy atom. The summed E-state index contributed by atoms with van der Waals surface area (Å²) >= 11 is 0. The van der Waals surface area contributed by atoms with Crippen molar-refractivity contribution >= 4 is 11.8 Å². The van der Waals surface area contributed by atoms with Crippen molar-refractivity contribution in [1.82, 2.24) is 14.8 Å². The van der Waals surface area contributed by atoms with Gasteiger partial charge in [0.1, 0.15) is 16.9 Å². The molecule has 2 heterocycles. The summed E-state index contributed by atoms with van der Waals surface area (Å²) in [5.74, 6) is 0.214. The van der Waals surface area contributed by atoms with Gasteiger partial charge in [-0.05, 0) is 43.4 Å². The maximum atomic E-state index is 13.3. The second kappa shape index (κ2) is 11.2. The lowest BCUT2D eigenvalue weighted by atomic mass is 10.1. The highest BCUT2D eigenvalue weighted by atomic mass is 16.5. The minimum absolute atomic E-state index is 0.00827. The number of carbonyl (C=O) groups is 2. The molecule has 3 rings (SSSR count). The van der Waals surface area contributed by atoms with E-state index in [0.29, 0.717) is 31.3 Å². The maximum Gasteiger partial charge on any atom is 0.259 e. The van der Waals surface area contributed by atoms with Gasteiger partial charge in [-0.25, -0.2) is 0 Å². The zero-order valence-electron chi connectivity index (χ0n) is 20.1. The number of ether oxygens (including phenoxy) is 1. The number of hydrogen-bond donors (Lipinski definition) is 1. The Labute approximate surface area is 195 Å². The molecule has 7 heteroatoms. The van der Waals surface area contributed by atoms with Crippen LogP contribution in [0.3, 0.4) is 0 Å². The molecule has 0 bridgehead atoms. The van der Waals surface area contributed by atoms with Crippen molar-refractivity contribution in [3.8, 4) is 5.75 Å². The van der Waals surface area contributed by atoms with Crippen LogP contribution in [0.5, 0.6) is 5.75 Å². The predicted molar refractivity (Wildman–Crippen MR) is 129 cm³/mol. The molecule has 0 radical (unpaired) electrons. The van der Waals surface area contributed by atoms with E-state index in [0.717, 1.165) is 31.2 Å². The van der Waals surface area contributed by atoms with Gasteiger partial charge in [-0.3, -0.25) is 14.4 Å². The van der Waals surface area contributed by atoms with Crippen molar-refractivity contribution in [2.45, 2.75) is 59.0 Å². The van der Waals surface area contributed by atoms with E-state index in [1.165, 1.54) is 0 Å². The highest BCUT2D eigenvalue weighted by Gasteiger charge is 2.25. The molecule has 0 spiro atoms. The molecule has 2 aromatic rings. The van der Waals surface area contributed by atoms with Crippen molar-refractivity contribution in [2.24, 2.45) is 5.92 Å². The first kappa shape index (κ1) is 24.6. The Morgan fingerprint density at radius 2 is 1.70 bits per heavy atom. The van der Waals surface area contributed by atoms with Crippen molar-refractivity contribution in [3.63, 3.8) is 0 Å². The fraction of sp³-hybridized carbons (Fsp3) is 0.500. The molecule has 33 heavy (non-hydrogen) atoms. The lowest BCUT2D eigenvalue weighted by Gasteiger charge is -2.22. The molecule has 1 fully saturated rings. The second-order valence-corrected chi connectivity index (χ2v) is 9.18. The summed E-state index contributed by atoms with van der Waals surface area (Å²) in [7, 11) is 1.59. The smallest absolute Gasteiger partial charge is 0.259 e. The Hall–Kier alpha value is -3.09. The van der Waals surface area contributed by atoms with Crippen LogP contribution in [0.2, 0.25) is 0 Å². The Bertz CT molecular complexity index is 1040. The van der Waals surface area contributed by atoms with Crippen LogP contribution in [-0.2, 0) is 6.54 Å². The quantitative estimate of drug-likeness (QED) is 0.687. The first-order valence-corrected chi connectivity index (χ1v) is 11.8. The van der Waals surface area contributed by atoms with Crippen LogP contribution in [0, 0.1) is 5.92 Å². The Morgan fingerprint density at radius 1 is 1.03 bits per heavy atom. The van der Waals surface area contributed by atoms with E-state index in [1.54, 1.807) is 29.0 Å². The summed E-state index contributed by atoms with van der Waals surface area (Å²) in [6, 6.07) is 7.09. The number of benzene rings is 1. The molecule has 1 N–H and O–H groups in total. The van der Waals surface area contributed by atoms with Gasteiger partial charge in [0.15, 0.2) is 0 Å². The number of methoxy groups -OCH3 is 1. The van der Waals surface area contributed by atoms with E-state index >= 15 is 0 Å². The Balaban J connectivity index is 1.92. The minimum atomic E-state index is -0.514. The number of nitrogens with one attached hydrogen (secondary N) is 1. The topological polar surface area (TPSA) is 80.6 Å². The van der Waals surface area contributed by atoms with Gasteiger partial charge >= 0.3 is 0 Å². The summed E-state index contributed by atoms with van der Waals surface area (Å²) in [5, 5.41) is 2.91. The largest absolute Gasteiger partial charge is 0.497 e. The monoisotopic (exact) mass is 453 g/mol. The number of likely N-dealkylation sites (tertiary alicyclic amines) is 1. The van der Waals surface area contributed by atoms with Crippen LogP contribution < -0.4 is 15.5 Å². The molecule has 1 aliphatic heterocycles. The molecule has 1 aromatic heterocycles. The number of pyridine rings is 1. The fourth-order valence-electron chi connectivity index (χ4n) is 4.19. The van der Waals surface area contributed by atoms with E-state index in [4.69, 9.17) is 4.74 Å². The van der Waals surface area contributed by atoms with Crippen LogP contribution >= 0.6 is 0 Å². The molecule has 0 saturated carbocycles. The van der Waals surface area contributed by atoms with Crippen LogP contribution in [0.25, 0.3) is 0 Å². The molecule has 7 nitrogen and oxygen atoms in total. The summed E-state index contributed by atoms with van der Waals surface area (Å²) in [6.07, 6.45) is 7.22. The minimum Gasteiger partial charge on any atom is -0.497 e. The lowest BCUT2D eigenvalue weighted by Crippen LogP contribution is -2.38. The summed E-state index contributed by atoms with van der Waals surface area (Å²) in [6.45, 7) is 7.85. The molecule has 0 aliphatic carbocycles. The molecule has 1 aliphatic rings. The van der Waals surface area contributed by atoms with Gasteiger partial charge in [0.25, 0.3) is 11.8 Å². The predicted octanol–water partition coefficient (Wildman–Crippen LogP) is 4.02. The van der Waals surface area contributed by atoms with Gasteiger partial charge in [0.05, 0.1) is 13.2 Å². The van der Waals surface area contributed by atoms with Gasteiger partial charge in [-0.1, -0.05) is 38.8 Å². The number of carbonyl (C=O) groups excluding carboxylic acids is 2. The van der Waals surface area contributed by atoms with E-state index in [-0.39, 0.29) is 23.1 Å². The molecule has 2 amide bonds. The van der Waals surface area contributed by atoms with Gasteiger partial charge < -0.3 is 19.5 Å². The zero-order chi connectivity index (χ0) is 24.0. The maximum absolute atomic E-state index is 13.3. The third-order valence-corrected chi connectivity index (χ3v) is 5.96. The SMILES string of the molecule is COc1cccc([C@@H](C)NC(=O)c2cn(CC(C)C)cc(C(=O)N3CCCCCC3)c2=O)c1. The highest BCUT2D eigenvalue weighted by molar-refractivity contribution is 5.99. The molecule has 178 valence electrons. The van der Waals surface area contributed by atoms with Crippen LogP contribution in [0.15, 0.2) is 41.5 Å². The normalized spacial score (nSPS) is 15.1. The van der Waals surface area contributed by atoms with Crippen molar-refractivity contribution < 1.29 is 14.3 Å². The Kier molecular flexibility index (Phi) is 8.31.